The van der Waals surface area contributed by atoms with E-state index in [1.54, 1.807) is 13.0 Å². The van der Waals surface area contributed by atoms with Crippen LogP contribution in [-0.4, -0.2) is 36.8 Å². The first kappa shape index (κ1) is 27.3. The summed E-state index contributed by atoms with van der Waals surface area (Å²) in [4.78, 5) is 33.6. The van der Waals surface area contributed by atoms with E-state index >= 15 is 0 Å². The van der Waals surface area contributed by atoms with E-state index < -0.39 is 29.3 Å². The molecule has 15 heteroatoms. The molecule has 0 saturated carbocycles. The third-order valence-electron chi connectivity index (χ3n) is 4.03. The van der Waals surface area contributed by atoms with E-state index in [-0.39, 0.29) is 34.9 Å². The first-order valence-electron chi connectivity index (χ1n) is 9.19. The second-order valence-corrected chi connectivity index (χ2v) is 7.27. The zero-order valence-corrected chi connectivity index (χ0v) is 19.1. The van der Waals surface area contributed by atoms with Gasteiger partial charge in [-0.1, -0.05) is 0 Å². The lowest BCUT2D eigenvalue weighted by molar-refractivity contribution is -0.192. The number of carboxylic acid groups (broad SMARTS) is 1. The van der Waals surface area contributed by atoms with Gasteiger partial charge in [-0.05, 0) is 41.1 Å². The van der Waals surface area contributed by atoms with E-state index in [9.17, 15) is 26.7 Å². The van der Waals surface area contributed by atoms with Crippen LogP contribution in [0.4, 0.5) is 22.0 Å². The zero-order chi connectivity index (χ0) is 26.3. The number of rotatable bonds is 5. The largest absolute Gasteiger partial charge is 0.490 e. The highest BCUT2D eigenvalue weighted by molar-refractivity contribution is 9.10. The molecular weight excluding hydrogens is 549 g/mol. The predicted octanol–water partition coefficient (Wildman–Crippen LogP) is 3.51. The van der Waals surface area contributed by atoms with E-state index in [1.807, 2.05) is 6.07 Å². The summed E-state index contributed by atoms with van der Waals surface area (Å²) in [5, 5.41) is 16.0. The van der Waals surface area contributed by atoms with Crippen molar-refractivity contribution in [1.82, 2.24) is 19.5 Å². The van der Waals surface area contributed by atoms with Crippen molar-refractivity contribution in [3.63, 3.8) is 0 Å². The van der Waals surface area contributed by atoms with Gasteiger partial charge in [0.1, 0.15) is 34.6 Å². The Labute approximate surface area is 201 Å². The summed E-state index contributed by atoms with van der Waals surface area (Å²) < 4.78 is 65.3. The summed E-state index contributed by atoms with van der Waals surface area (Å²) in [5.74, 6) is -3.88. The second kappa shape index (κ2) is 11.5. The van der Waals surface area contributed by atoms with Crippen LogP contribution in [0.2, 0.25) is 0 Å². The molecule has 0 aliphatic heterocycles. The molecule has 0 fully saturated rings. The summed E-state index contributed by atoms with van der Waals surface area (Å²) in [6.45, 7) is 1.46. The lowest BCUT2D eigenvalue weighted by atomic mass is 10.2. The van der Waals surface area contributed by atoms with Crippen LogP contribution in [0.15, 0.2) is 39.7 Å². The quantitative estimate of drug-likeness (QED) is 0.468. The van der Waals surface area contributed by atoms with E-state index in [0.29, 0.717) is 11.5 Å². The van der Waals surface area contributed by atoms with Crippen molar-refractivity contribution in [2.24, 2.45) is 0 Å². The van der Waals surface area contributed by atoms with Gasteiger partial charge in [-0.3, -0.25) is 9.36 Å². The van der Waals surface area contributed by atoms with E-state index in [1.165, 1.54) is 16.8 Å². The molecule has 0 unspecified atom stereocenters. The molecule has 9 nitrogen and oxygen atoms in total. The Kier molecular flexibility index (Phi) is 8.95. The molecule has 0 amide bonds. The Bertz CT molecular complexity index is 1340. The number of aryl methyl sites for hydroxylation is 1. The fraction of sp³-hybridized carbons (Fsp3) is 0.200. The van der Waals surface area contributed by atoms with Gasteiger partial charge in [0.05, 0.1) is 12.2 Å². The molecule has 0 spiro atoms. The van der Waals surface area contributed by atoms with Gasteiger partial charge < -0.3 is 9.84 Å². The van der Waals surface area contributed by atoms with Crippen LogP contribution in [0.25, 0.3) is 0 Å². The van der Waals surface area contributed by atoms with Crippen molar-refractivity contribution in [1.29, 1.82) is 5.26 Å². The Balaban J connectivity index is 0.000000540. The lowest BCUT2D eigenvalue weighted by Gasteiger charge is -2.13. The monoisotopic (exact) mass is 561 g/mol. The molecule has 0 bridgehead atoms. The maximum atomic E-state index is 13.7. The average molecular weight is 562 g/mol. The van der Waals surface area contributed by atoms with Gasteiger partial charge in [-0.15, -0.1) is 0 Å². The van der Waals surface area contributed by atoms with Crippen molar-refractivity contribution < 1.29 is 36.6 Å². The third-order valence-corrected chi connectivity index (χ3v) is 4.71. The topological polar surface area (TPSA) is 131 Å². The first-order valence-corrected chi connectivity index (χ1v) is 9.98. The fourth-order valence-electron chi connectivity index (χ4n) is 2.38. The molecule has 0 saturated heterocycles. The highest BCUT2D eigenvalue weighted by Crippen LogP contribution is 2.21. The molecule has 3 aromatic rings. The summed E-state index contributed by atoms with van der Waals surface area (Å²) >= 11 is 3.15. The number of aromatic nitrogens is 4. The minimum atomic E-state index is -5.08. The molecule has 35 heavy (non-hydrogen) atoms. The third kappa shape index (κ3) is 7.54. The molecule has 3 rings (SSSR count). The Hall–Kier alpha value is -3.93. The van der Waals surface area contributed by atoms with Crippen LogP contribution in [0.3, 0.4) is 0 Å². The number of ether oxygens (including phenoxy) is 1. The number of aliphatic carboxylic acids is 1. The number of halogens is 6. The average Bonchev–Trinajstić information content (AvgIpc) is 2.79. The van der Waals surface area contributed by atoms with Crippen molar-refractivity contribution in [2.75, 3.05) is 0 Å². The molecule has 1 aromatic carbocycles. The summed E-state index contributed by atoms with van der Waals surface area (Å²) in [6, 6.07) is 6.55. The highest BCUT2D eigenvalue weighted by Gasteiger charge is 2.38. The van der Waals surface area contributed by atoms with Crippen molar-refractivity contribution in [3.8, 4) is 11.9 Å². The summed E-state index contributed by atoms with van der Waals surface area (Å²) in [5.41, 5.74) is 0.161. The molecule has 0 aliphatic rings. The van der Waals surface area contributed by atoms with E-state index in [2.05, 4.69) is 30.9 Å². The number of hydrogen-bond acceptors (Lipinski definition) is 7. The molecule has 0 radical (unpaired) electrons. The molecule has 1 N–H and O–H groups in total. The maximum absolute atomic E-state index is 13.7. The zero-order valence-electron chi connectivity index (χ0n) is 17.5. The van der Waals surface area contributed by atoms with Gasteiger partial charge in [-0.2, -0.15) is 23.4 Å². The summed E-state index contributed by atoms with van der Waals surface area (Å²) in [7, 11) is 0. The fourth-order valence-corrected chi connectivity index (χ4v) is 2.80. The molecule has 0 atom stereocenters. The SMILES string of the molecule is Cc1nc(OCc2ccc(F)cc2F)c(Br)c(=O)n1Cc1ccnc(C#N)n1.O=C(O)C(F)(F)F. The van der Waals surface area contributed by atoms with Gasteiger partial charge in [0, 0.05) is 17.8 Å². The number of carboxylic acids is 1. The minimum Gasteiger partial charge on any atom is -0.475 e. The summed E-state index contributed by atoms with van der Waals surface area (Å²) in [6.07, 6.45) is -3.65. The molecule has 0 aliphatic carbocycles. The Morgan fingerprint density at radius 2 is 1.91 bits per heavy atom. The van der Waals surface area contributed by atoms with Crippen molar-refractivity contribution in [3.05, 3.63) is 79.8 Å². The highest BCUT2D eigenvalue weighted by atomic mass is 79.9. The molecule has 2 aromatic heterocycles. The number of carbonyl (C=O) groups is 1. The van der Waals surface area contributed by atoms with Gasteiger partial charge in [0.25, 0.3) is 5.56 Å². The first-order chi connectivity index (χ1) is 16.3. The van der Waals surface area contributed by atoms with Crippen LogP contribution in [0.1, 0.15) is 22.9 Å². The number of hydrogen-bond donors (Lipinski definition) is 1. The Morgan fingerprint density at radius 1 is 1.26 bits per heavy atom. The second-order valence-electron chi connectivity index (χ2n) is 6.48. The lowest BCUT2D eigenvalue weighted by Crippen LogP contribution is -2.26. The standard InChI is InChI=1S/C18H12BrF2N5O2.C2HF3O2/c1-10-24-17(28-9-11-2-3-12(20)6-14(11)21)16(19)18(27)26(10)8-13-4-5-23-15(7-22)25-13;3-2(4,5)1(6)7/h2-6H,8-9H2,1H3;(H,6,7). The van der Waals surface area contributed by atoms with Crippen molar-refractivity contribution >= 4 is 21.9 Å². The van der Waals surface area contributed by atoms with E-state index in [4.69, 9.17) is 19.9 Å². The maximum Gasteiger partial charge on any atom is 0.490 e. The van der Waals surface area contributed by atoms with Gasteiger partial charge in [-0.25, -0.2) is 23.5 Å². The molecular formula is C20H13BrF5N5O4. The number of nitriles is 1. The number of benzene rings is 1. The number of alkyl halides is 3. The van der Waals surface area contributed by atoms with Crippen LogP contribution in [0.5, 0.6) is 5.88 Å². The van der Waals surface area contributed by atoms with Gasteiger partial charge >= 0.3 is 12.1 Å². The molecule has 2 heterocycles. The van der Waals surface area contributed by atoms with Crippen LogP contribution in [-0.2, 0) is 17.9 Å². The number of nitrogens with zero attached hydrogens (tertiary/aromatic N) is 5. The van der Waals surface area contributed by atoms with Gasteiger partial charge in [0.15, 0.2) is 0 Å². The van der Waals surface area contributed by atoms with Crippen LogP contribution in [0, 0.1) is 29.9 Å². The smallest absolute Gasteiger partial charge is 0.475 e. The van der Waals surface area contributed by atoms with E-state index in [0.717, 1.165) is 12.1 Å². The van der Waals surface area contributed by atoms with Crippen molar-refractivity contribution in [2.45, 2.75) is 26.3 Å². The normalized spacial score (nSPS) is 10.7. The molecule has 184 valence electrons. The predicted molar refractivity (Wildman–Crippen MR) is 111 cm³/mol. The van der Waals surface area contributed by atoms with Gasteiger partial charge in [0.2, 0.25) is 11.7 Å². The van der Waals surface area contributed by atoms with Crippen LogP contribution >= 0.6 is 15.9 Å². The minimum absolute atomic E-state index is 0.00324. The Morgan fingerprint density at radius 3 is 2.49 bits per heavy atom. The van der Waals surface area contributed by atoms with Crippen LogP contribution < -0.4 is 10.3 Å².